The first-order valence-electron chi connectivity index (χ1n) is 9.89. The van der Waals surface area contributed by atoms with Crippen molar-refractivity contribution in [3.05, 3.63) is 97.4 Å². The monoisotopic (exact) mass is 541 g/mol. The number of carbonyl (C=O) groups is 2. The van der Waals surface area contributed by atoms with Crippen molar-refractivity contribution in [1.29, 1.82) is 0 Å². The third-order valence-corrected chi connectivity index (χ3v) is 6.95. The quantitative estimate of drug-likeness (QED) is 0.412. The molecule has 1 aliphatic heterocycles. The Balaban J connectivity index is 1.73. The molecule has 4 nitrogen and oxygen atoms in total. The van der Waals surface area contributed by atoms with Crippen LogP contribution in [0.3, 0.4) is 0 Å². The van der Waals surface area contributed by atoms with E-state index in [1.54, 1.807) is 23.1 Å². The Labute approximate surface area is 198 Å². The second-order valence-corrected chi connectivity index (χ2v) is 9.69. The summed E-state index contributed by atoms with van der Waals surface area (Å²) in [5, 5.41) is 11.6. The van der Waals surface area contributed by atoms with Crippen LogP contribution in [0.15, 0.2) is 69.6 Å². The zero-order valence-corrected chi connectivity index (χ0v) is 20.3. The van der Waals surface area contributed by atoms with Gasteiger partial charge in [0.05, 0.1) is 18.7 Å². The number of fused-ring (bicyclic) bond motifs is 1. The summed E-state index contributed by atoms with van der Waals surface area (Å²) in [4.78, 5) is 28.2. The minimum atomic E-state index is -1.92. The summed E-state index contributed by atoms with van der Waals surface area (Å²) in [5.41, 5.74) is 2.45. The molecule has 3 aromatic carbocycles. The summed E-state index contributed by atoms with van der Waals surface area (Å²) < 4.78 is 1.61. The van der Waals surface area contributed by atoms with E-state index in [9.17, 15) is 14.7 Å². The molecule has 0 bridgehead atoms. The minimum absolute atomic E-state index is 0.262. The van der Waals surface area contributed by atoms with Crippen LogP contribution >= 0.6 is 31.9 Å². The predicted octanol–water partition coefficient (Wildman–Crippen LogP) is 5.84. The Hall–Kier alpha value is -2.28. The molecule has 1 aliphatic rings. The molecular formula is C25H21Br2NO3. The number of amides is 1. The maximum Gasteiger partial charge on any atom is 0.264 e. The van der Waals surface area contributed by atoms with Crippen molar-refractivity contribution in [1.82, 2.24) is 0 Å². The van der Waals surface area contributed by atoms with E-state index in [1.165, 1.54) is 0 Å². The normalized spacial score (nSPS) is 17.7. The summed E-state index contributed by atoms with van der Waals surface area (Å²) in [6.07, 6.45) is -0.314. The van der Waals surface area contributed by atoms with Crippen molar-refractivity contribution in [2.45, 2.75) is 32.4 Å². The Morgan fingerprint density at radius 1 is 1.03 bits per heavy atom. The fraction of sp³-hybridized carbons (Fsp3) is 0.200. The molecule has 1 N–H and O–H groups in total. The van der Waals surface area contributed by atoms with Crippen LogP contribution in [-0.4, -0.2) is 16.8 Å². The molecule has 31 heavy (non-hydrogen) atoms. The number of Topliss-reactive ketones (excluding diaryl/α,β-unsaturated/α-hetero) is 1. The number of carbonyl (C=O) groups excluding carboxylic acids is 2. The molecule has 1 heterocycles. The zero-order valence-electron chi connectivity index (χ0n) is 17.2. The maximum atomic E-state index is 13.5. The SMILES string of the molecule is Cc1ccc(C(=O)CC2(O)C(=O)N(Cc3ccccc3Br)c3ccc(Br)cc32)c(C)c1. The standard InChI is InChI=1S/C25H21Br2NO3/c1-15-7-9-19(16(2)11-15)23(29)13-25(31)20-12-18(26)8-10-22(20)28(24(25)30)14-17-5-3-4-6-21(17)27/h3-12,31H,13-14H2,1-2H3. The summed E-state index contributed by atoms with van der Waals surface area (Å²) in [7, 11) is 0. The van der Waals surface area contributed by atoms with E-state index in [2.05, 4.69) is 31.9 Å². The Kier molecular flexibility index (Phi) is 5.90. The van der Waals surface area contributed by atoms with Crippen molar-refractivity contribution in [3.63, 3.8) is 0 Å². The van der Waals surface area contributed by atoms with E-state index in [0.29, 0.717) is 16.8 Å². The highest BCUT2D eigenvalue weighted by atomic mass is 79.9. The van der Waals surface area contributed by atoms with Crippen molar-refractivity contribution in [3.8, 4) is 0 Å². The van der Waals surface area contributed by atoms with Gasteiger partial charge in [0.15, 0.2) is 11.4 Å². The first-order valence-corrected chi connectivity index (χ1v) is 11.5. The van der Waals surface area contributed by atoms with Gasteiger partial charge in [0.1, 0.15) is 0 Å². The summed E-state index contributed by atoms with van der Waals surface area (Å²) >= 11 is 6.96. The van der Waals surface area contributed by atoms with Gasteiger partial charge in [-0.1, -0.05) is 73.8 Å². The lowest BCUT2D eigenvalue weighted by Crippen LogP contribution is -2.41. The molecule has 0 saturated heterocycles. The number of ketones is 1. The average molecular weight is 543 g/mol. The summed E-state index contributed by atoms with van der Waals surface area (Å²) in [5.74, 6) is -0.753. The fourth-order valence-corrected chi connectivity index (χ4v) is 4.87. The highest BCUT2D eigenvalue weighted by Gasteiger charge is 2.51. The van der Waals surface area contributed by atoms with Gasteiger partial charge in [0.2, 0.25) is 0 Å². The van der Waals surface area contributed by atoms with Gasteiger partial charge in [0, 0.05) is 20.1 Å². The van der Waals surface area contributed by atoms with E-state index in [4.69, 9.17) is 0 Å². The van der Waals surface area contributed by atoms with Gasteiger partial charge in [-0.15, -0.1) is 0 Å². The smallest absolute Gasteiger partial charge is 0.264 e. The number of rotatable bonds is 5. The Bertz CT molecular complexity index is 1210. The van der Waals surface area contributed by atoms with Crippen LogP contribution in [0.4, 0.5) is 5.69 Å². The molecule has 4 rings (SSSR count). The molecule has 0 fully saturated rings. The van der Waals surface area contributed by atoms with Crippen LogP contribution < -0.4 is 4.90 Å². The van der Waals surface area contributed by atoms with Crippen LogP contribution in [0.25, 0.3) is 0 Å². The van der Waals surface area contributed by atoms with Crippen LogP contribution in [0, 0.1) is 13.8 Å². The molecule has 1 atom stereocenters. The molecule has 0 saturated carbocycles. The topological polar surface area (TPSA) is 57.6 Å². The highest BCUT2D eigenvalue weighted by molar-refractivity contribution is 9.10. The number of anilines is 1. The van der Waals surface area contributed by atoms with Crippen molar-refractivity contribution in [2.24, 2.45) is 0 Å². The average Bonchev–Trinajstić information content (AvgIpc) is 2.91. The summed E-state index contributed by atoms with van der Waals surface area (Å²) in [6, 6.07) is 18.6. The number of halogens is 2. The Morgan fingerprint density at radius 3 is 2.48 bits per heavy atom. The molecular weight excluding hydrogens is 522 g/mol. The number of hydrogen-bond donors (Lipinski definition) is 1. The lowest BCUT2D eigenvalue weighted by atomic mass is 9.87. The van der Waals surface area contributed by atoms with E-state index < -0.39 is 11.5 Å². The zero-order chi connectivity index (χ0) is 22.3. The molecule has 0 aliphatic carbocycles. The number of aliphatic hydroxyl groups is 1. The van der Waals surface area contributed by atoms with Gasteiger partial charge in [0.25, 0.3) is 5.91 Å². The molecule has 0 spiro atoms. The molecule has 0 aromatic heterocycles. The number of hydrogen-bond acceptors (Lipinski definition) is 3. The van der Waals surface area contributed by atoms with Crippen LogP contribution in [0.1, 0.15) is 39.0 Å². The van der Waals surface area contributed by atoms with Gasteiger partial charge in [-0.2, -0.15) is 0 Å². The fourth-order valence-electron chi connectivity index (χ4n) is 4.10. The minimum Gasteiger partial charge on any atom is -0.375 e. The Morgan fingerprint density at radius 2 is 1.77 bits per heavy atom. The molecule has 1 unspecified atom stereocenters. The molecule has 1 amide bonds. The first kappa shape index (κ1) is 21.9. The van der Waals surface area contributed by atoms with Gasteiger partial charge in [-0.3, -0.25) is 9.59 Å². The maximum absolute atomic E-state index is 13.5. The van der Waals surface area contributed by atoms with Gasteiger partial charge >= 0.3 is 0 Å². The number of nitrogens with zero attached hydrogens (tertiary/aromatic N) is 1. The van der Waals surface area contributed by atoms with E-state index >= 15 is 0 Å². The van der Waals surface area contributed by atoms with Crippen LogP contribution in [0.2, 0.25) is 0 Å². The second kappa shape index (κ2) is 8.34. The van der Waals surface area contributed by atoms with Crippen molar-refractivity contribution in [2.75, 3.05) is 4.90 Å². The third-order valence-electron chi connectivity index (χ3n) is 5.68. The first-order chi connectivity index (χ1) is 14.7. The third kappa shape index (κ3) is 4.00. The molecule has 0 radical (unpaired) electrons. The van der Waals surface area contributed by atoms with Crippen molar-refractivity contribution < 1.29 is 14.7 Å². The van der Waals surface area contributed by atoms with Crippen LogP contribution in [0.5, 0.6) is 0 Å². The summed E-state index contributed by atoms with van der Waals surface area (Å²) in [6.45, 7) is 4.11. The predicted molar refractivity (Wildman–Crippen MR) is 128 cm³/mol. The van der Waals surface area contributed by atoms with Gasteiger partial charge < -0.3 is 10.0 Å². The highest BCUT2D eigenvalue weighted by Crippen LogP contribution is 2.45. The van der Waals surface area contributed by atoms with E-state index in [-0.39, 0.29) is 18.7 Å². The van der Waals surface area contributed by atoms with Crippen molar-refractivity contribution >= 4 is 49.2 Å². The second-order valence-electron chi connectivity index (χ2n) is 7.92. The molecule has 158 valence electrons. The number of benzene rings is 3. The largest absolute Gasteiger partial charge is 0.375 e. The van der Waals surface area contributed by atoms with Crippen LogP contribution in [-0.2, 0) is 16.9 Å². The van der Waals surface area contributed by atoms with Gasteiger partial charge in [-0.25, -0.2) is 0 Å². The van der Waals surface area contributed by atoms with Gasteiger partial charge in [-0.05, 0) is 49.2 Å². The lowest BCUT2D eigenvalue weighted by Gasteiger charge is -2.23. The molecule has 6 heteroatoms. The van der Waals surface area contributed by atoms with E-state index in [0.717, 1.165) is 25.6 Å². The number of aryl methyl sites for hydroxylation is 2. The lowest BCUT2D eigenvalue weighted by molar-refractivity contribution is -0.136. The van der Waals surface area contributed by atoms with E-state index in [1.807, 2.05) is 56.3 Å². The molecule has 3 aromatic rings.